The number of carbonyl (C=O) groups is 4. The second-order valence-electron chi connectivity index (χ2n) is 9.12. The molecule has 0 aliphatic carbocycles. The Morgan fingerprint density at radius 2 is 1.03 bits per heavy atom. The Hall–Kier alpha value is -1.82. The van der Waals surface area contributed by atoms with Crippen LogP contribution in [0, 0.1) is 0 Å². The lowest BCUT2D eigenvalue weighted by atomic mass is 10.2. The summed E-state index contributed by atoms with van der Waals surface area (Å²) in [6.45, 7) is 10.4. The number of carboxylic acid groups (broad SMARTS) is 2. The van der Waals surface area contributed by atoms with E-state index >= 15 is 0 Å². The van der Waals surface area contributed by atoms with Gasteiger partial charge in [0.2, 0.25) is 0 Å². The molecule has 0 bridgehead atoms. The van der Waals surface area contributed by atoms with Crippen LogP contribution in [-0.2, 0) is 19.1 Å². The first-order valence-corrected chi connectivity index (χ1v) is 12.7. The van der Waals surface area contributed by atoms with Crippen LogP contribution in [0.2, 0.25) is 0 Å². The number of carboxylic acids is 2. The van der Waals surface area contributed by atoms with E-state index in [4.69, 9.17) is 19.7 Å². The van der Waals surface area contributed by atoms with E-state index in [2.05, 4.69) is 10.6 Å². The lowest BCUT2D eigenvalue weighted by Gasteiger charge is -2.24. The summed E-state index contributed by atoms with van der Waals surface area (Å²) in [5.41, 5.74) is -1.35. The molecule has 0 heterocycles. The van der Waals surface area contributed by atoms with Crippen LogP contribution in [0.25, 0.3) is 0 Å². The van der Waals surface area contributed by atoms with Crippen molar-refractivity contribution in [2.45, 2.75) is 90.5 Å². The van der Waals surface area contributed by atoms with Crippen LogP contribution in [0.5, 0.6) is 0 Å². The molecule has 0 aromatic heterocycles. The summed E-state index contributed by atoms with van der Waals surface area (Å²) in [6, 6.07) is -0.843. The molecule has 0 aromatic carbocycles. The molecule has 2 amide bonds. The van der Waals surface area contributed by atoms with Gasteiger partial charge in [0, 0.05) is 36.4 Å². The van der Waals surface area contributed by atoms with Crippen molar-refractivity contribution in [2.75, 3.05) is 11.5 Å². The fraction of sp³-hybridized carbons (Fsp3) is 0.800. The van der Waals surface area contributed by atoms with Crippen molar-refractivity contribution in [3.05, 3.63) is 0 Å². The van der Waals surface area contributed by atoms with Crippen LogP contribution in [-0.4, -0.2) is 69.1 Å². The average Bonchev–Trinajstić information content (AvgIpc) is 2.57. The zero-order valence-corrected chi connectivity index (χ0v) is 21.2. The molecule has 0 spiro atoms. The fourth-order valence-electron chi connectivity index (χ4n) is 2.20. The number of hydrogen-bond acceptors (Lipinski definition) is 8. The van der Waals surface area contributed by atoms with Gasteiger partial charge < -0.3 is 30.3 Å². The van der Waals surface area contributed by atoms with E-state index in [1.54, 1.807) is 41.5 Å². The third-order valence-corrected chi connectivity index (χ3v) is 6.04. The SMILES string of the molecule is CC(C)(C)OC(=O)NC(CCC(=O)O)CSSCC(CCC(=O)O)NC(=O)OC(C)(C)C. The van der Waals surface area contributed by atoms with E-state index in [1.807, 2.05) is 0 Å². The highest BCUT2D eigenvalue weighted by atomic mass is 33.1. The van der Waals surface area contributed by atoms with Crippen molar-refractivity contribution in [1.82, 2.24) is 10.6 Å². The van der Waals surface area contributed by atoms with Crippen LogP contribution in [0.3, 0.4) is 0 Å². The molecule has 0 aromatic rings. The number of rotatable bonds is 13. The van der Waals surface area contributed by atoms with Crippen molar-refractivity contribution in [3.63, 3.8) is 0 Å². The number of aliphatic carboxylic acids is 2. The Morgan fingerprint density at radius 3 is 1.28 bits per heavy atom. The van der Waals surface area contributed by atoms with Gasteiger partial charge in [-0.05, 0) is 54.4 Å². The molecule has 32 heavy (non-hydrogen) atoms. The molecular weight excluding hydrogens is 460 g/mol. The van der Waals surface area contributed by atoms with Gasteiger partial charge in [-0.15, -0.1) is 0 Å². The first-order valence-electron chi connectivity index (χ1n) is 10.2. The van der Waals surface area contributed by atoms with Gasteiger partial charge in [-0.1, -0.05) is 21.6 Å². The largest absolute Gasteiger partial charge is 0.481 e. The maximum atomic E-state index is 12.0. The molecule has 0 fully saturated rings. The van der Waals surface area contributed by atoms with Crippen molar-refractivity contribution in [3.8, 4) is 0 Å². The van der Waals surface area contributed by atoms with Gasteiger partial charge in [0.1, 0.15) is 11.2 Å². The molecule has 12 heteroatoms. The predicted octanol–water partition coefficient (Wildman–Crippen LogP) is 3.88. The monoisotopic (exact) mass is 496 g/mol. The number of nitrogens with one attached hydrogen (secondary N) is 2. The molecule has 0 saturated carbocycles. The Bertz CT molecular complexity index is 578. The summed E-state index contributed by atoms with van der Waals surface area (Å²) in [6.07, 6.45) is -0.976. The third-order valence-electron chi connectivity index (χ3n) is 3.48. The fourth-order valence-corrected chi connectivity index (χ4v) is 4.78. The standard InChI is InChI=1S/C20H36N2O8S2/c1-19(2,3)29-17(27)21-13(7-9-15(23)24)11-31-32-12-14(8-10-16(25)26)22-18(28)30-20(4,5)6/h13-14H,7-12H2,1-6H3,(H,21,27)(H,22,28)(H,23,24)(H,25,26). The van der Waals surface area contributed by atoms with Crippen LogP contribution < -0.4 is 10.6 Å². The number of alkyl carbamates (subject to hydrolysis) is 2. The molecule has 10 nitrogen and oxygen atoms in total. The molecule has 2 atom stereocenters. The van der Waals surface area contributed by atoms with E-state index in [0.717, 1.165) is 0 Å². The van der Waals surface area contributed by atoms with Crippen LogP contribution in [0.15, 0.2) is 0 Å². The highest BCUT2D eigenvalue weighted by Gasteiger charge is 2.22. The summed E-state index contributed by atoms with van der Waals surface area (Å²) in [4.78, 5) is 45.9. The van der Waals surface area contributed by atoms with Gasteiger partial charge in [0.05, 0.1) is 0 Å². The van der Waals surface area contributed by atoms with E-state index in [-0.39, 0.29) is 25.7 Å². The number of carbonyl (C=O) groups excluding carboxylic acids is 2. The van der Waals surface area contributed by atoms with Crippen molar-refractivity contribution < 1.29 is 38.9 Å². The van der Waals surface area contributed by atoms with Gasteiger partial charge in [0.25, 0.3) is 0 Å². The molecule has 0 saturated heterocycles. The number of ether oxygens (including phenoxy) is 2. The molecule has 2 unspecified atom stereocenters. The molecule has 0 rings (SSSR count). The molecule has 4 N–H and O–H groups in total. The van der Waals surface area contributed by atoms with Gasteiger partial charge >= 0.3 is 24.1 Å². The van der Waals surface area contributed by atoms with Crippen LogP contribution in [0.4, 0.5) is 9.59 Å². The molecule has 0 aliphatic heterocycles. The third kappa shape index (κ3) is 18.9. The van der Waals surface area contributed by atoms with Gasteiger partial charge in [-0.3, -0.25) is 9.59 Å². The predicted molar refractivity (Wildman–Crippen MR) is 125 cm³/mol. The number of amides is 2. The second-order valence-corrected chi connectivity index (χ2v) is 11.7. The minimum atomic E-state index is -0.964. The first-order chi connectivity index (χ1) is 14.6. The van der Waals surface area contributed by atoms with Crippen molar-refractivity contribution in [1.29, 1.82) is 0 Å². The summed E-state index contributed by atoms with van der Waals surface area (Å²) in [5, 5.41) is 23.3. The highest BCUT2D eigenvalue weighted by Crippen LogP contribution is 2.25. The zero-order chi connectivity index (χ0) is 24.9. The van der Waals surface area contributed by atoms with Gasteiger partial charge in [-0.25, -0.2) is 9.59 Å². The van der Waals surface area contributed by atoms with E-state index in [0.29, 0.717) is 11.5 Å². The average molecular weight is 497 g/mol. The summed E-state index contributed by atoms with van der Waals surface area (Å²) in [5.74, 6) is -1.10. The van der Waals surface area contributed by atoms with Crippen LogP contribution in [0.1, 0.15) is 67.2 Å². The summed E-state index contributed by atoms with van der Waals surface area (Å²) < 4.78 is 10.5. The summed E-state index contributed by atoms with van der Waals surface area (Å²) in [7, 11) is 2.78. The Labute approximate surface area is 197 Å². The lowest BCUT2D eigenvalue weighted by molar-refractivity contribution is -0.138. The van der Waals surface area contributed by atoms with Crippen molar-refractivity contribution >= 4 is 45.7 Å². The van der Waals surface area contributed by atoms with E-state index in [1.165, 1.54) is 21.6 Å². The minimum absolute atomic E-state index is 0.104. The second kappa shape index (κ2) is 14.4. The maximum Gasteiger partial charge on any atom is 0.407 e. The quantitative estimate of drug-likeness (QED) is 0.218. The minimum Gasteiger partial charge on any atom is -0.481 e. The van der Waals surface area contributed by atoms with Crippen LogP contribution >= 0.6 is 21.6 Å². The highest BCUT2D eigenvalue weighted by molar-refractivity contribution is 8.76. The molecule has 0 aliphatic rings. The molecular formula is C20H36N2O8S2. The normalized spacial score (nSPS) is 13.6. The van der Waals surface area contributed by atoms with Gasteiger partial charge in [-0.2, -0.15) is 0 Å². The topological polar surface area (TPSA) is 151 Å². The van der Waals surface area contributed by atoms with Crippen molar-refractivity contribution in [2.24, 2.45) is 0 Å². The van der Waals surface area contributed by atoms with E-state index < -0.39 is 47.4 Å². The number of hydrogen-bond donors (Lipinski definition) is 4. The molecule has 0 radical (unpaired) electrons. The zero-order valence-electron chi connectivity index (χ0n) is 19.6. The van der Waals surface area contributed by atoms with E-state index in [9.17, 15) is 19.2 Å². The molecule has 186 valence electrons. The maximum absolute atomic E-state index is 12.0. The lowest BCUT2D eigenvalue weighted by Crippen LogP contribution is -2.41. The summed E-state index contributed by atoms with van der Waals surface area (Å²) >= 11 is 0. The first kappa shape index (κ1) is 30.2. The Morgan fingerprint density at radius 1 is 0.719 bits per heavy atom. The Balaban J connectivity index is 4.74. The smallest absolute Gasteiger partial charge is 0.407 e. The Kier molecular flexibility index (Phi) is 13.5. The van der Waals surface area contributed by atoms with Gasteiger partial charge in [0.15, 0.2) is 0 Å².